The number of thioether (sulfide) groups is 1. The lowest BCUT2D eigenvalue weighted by molar-refractivity contribution is -0.111. The molecule has 0 heterocycles. The maximum absolute atomic E-state index is 11.8. The minimum absolute atomic E-state index is 0.111. The normalized spacial score (nSPS) is 10.7. The molecular weight excluding hydrogens is 266 g/mol. The lowest BCUT2D eigenvalue weighted by Crippen LogP contribution is -2.08. The zero-order chi connectivity index (χ0) is 14.4. The van der Waals surface area contributed by atoms with Gasteiger partial charge >= 0.3 is 0 Å². The molecule has 0 aromatic heterocycles. The molecule has 1 amide bonds. The summed E-state index contributed by atoms with van der Waals surface area (Å²) in [6.45, 7) is 4.03. The SMILES string of the molecule is Cc1ccc(NC(=O)/C=C/Sc2ccccc2)c(C)c1. The molecule has 0 saturated carbocycles. The van der Waals surface area contributed by atoms with Crippen molar-refractivity contribution in [1.82, 2.24) is 0 Å². The van der Waals surface area contributed by atoms with Gasteiger partial charge in [-0.3, -0.25) is 4.79 Å². The van der Waals surface area contributed by atoms with Gasteiger partial charge in [0.15, 0.2) is 0 Å². The van der Waals surface area contributed by atoms with Crippen molar-refractivity contribution in [3.8, 4) is 0 Å². The van der Waals surface area contributed by atoms with Gasteiger partial charge in [0.05, 0.1) is 0 Å². The third-order valence-corrected chi connectivity index (χ3v) is 3.62. The number of hydrogen-bond acceptors (Lipinski definition) is 2. The molecule has 2 aromatic rings. The number of amides is 1. The van der Waals surface area contributed by atoms with Crippen molar-refractivity contribution in [2.45, 2.75) is 18.7 Å². The van der Waals surface area contributed by atoms with Crippen molar-refractivity contribution in [2.75, 3.05) is 5.32 Å². The maximum atomic E-state index is 11.8. The summed E-state index contributed by atoms with van der Waals surface area (Å²) in [6, 6.07) is 15.9. The molecule has 1 N–H and O–H groups in total. The van der Waals surface area contributed by atoms with Gasteiger partial charge in [0.1, 0.15) is 0 Å². The smallest absolute Gasteiger partial charge is 0.248 e. The zero-order valence-electron chi connectivity index (χ0n) is 11.6. The summed E-state index contributed by atoms with van der Waals surface area (Å²) in [5, 5.41) is 4.68. The molecule has 102 valence electrons. The summed E-state index contributed by atoms with van der Waals surface area (Å²) in [4.78, 5) is 12.9. The first-order chi connectivity index (χ1) is 9.65. The van der Waals surface area contributed by atoms with Gasteiger partial charge in [-0.1, -0.05) is 47.7 Å². The second-order valence-electron chi connectivity index (χ2n) is 4.54. The quantitative estimate of drug-likeness (QED) is 0.659. The van der Waals surface area contributed by atoms with E-state index in [-0.39, 0.29) is 5.91 Å². The summed E-state index contributed by atoms with van der Waals surface area (Å²) < 4.78 is 0. The fraction of sp³-hybridized carbons (Fsp3) is 0.118. The van der Waals surface area contributed by atoms with Crippen molar-refractivity contribution in [2.24, 2.45) is 0 Å². The van der Waals surface area contributed by atoms with Crippen molar-refractivity contribution in [3.05, 3.63) is 71.1 Å². The fourth-order valence-electron chi connectivity index (χ4n) is 1.80. The van der Waals surface area contributed by atoms with Crippen molar-refractivity contribution in [1.29, 1.82) is 0 Å². The van der Waals surface area contributed by atoms with Crippen LogP contribution in [0.25, 0.3) is 0 Å². The number of nitrogens with one attached hydrogen (secondary N) is 1. The third-order valence-electron chi connectivity index (χ3n) is 2.81. The van der Waals surface area contributed by atoms with Gasteiger partial charge in [-0.2, -0.15) is 0 Å². The van der Waals surface area contributed by atoms with Crippen molar-refractivity contribution < 1.29 is 4.79 Å². The Hall–Kier alpha value is -2.00. The van der Waals surface area contributed by atoms with Crippen LogP contribution in [-0.2, 0) is 4.79 Å². The minimum Gasteiger partial charge on any atom is -0.322 e. The van der Waals surface area contributed by atoms with E-state index in [0.717, 1.165) is 16.1 Å². The summed E-state index contributed by atoms with van der Waals surface area (Å²) >= 11 is 1.52. The van der Waals surface area contributed by atoms with Crippen LogP contribution in [0.1, 0.15) is 11.1 Å². The van der Waals surface area contributed by atoms with Crippen LogP contribution in [0, 0.1) is 13.8 Å². The van der Waals surface area contributed by atoms with Crippen LogP contribution < -0.4 is 5.32 Å². The second-order valence-corrected chi connectivity index (χ2v) is 5.52. The highest BCUT2D eigenvalue weighted by atomic mass is 32.2. The highest BCUT2D eigenvalue weighted by Gasteiger charge is 2.01. The van der Waals surface area contributed by atoms with E-state index in [1.807, 2.05) is 56.3 Å². The molecule has 2 aromatic carbocycles. The van der Waals surface area contributed by atoms with E-state index >= 15 is 0 Å². The average molecular weight is 283 g/mol. The number of hydrogen-bond donors (Lipinski definition) is 1. The molecule has 0 fully saturated rings. The molecule has 0 unspecified atom stereocenters. The molecule has 20 heavy (non-hydrogen) atoms. The van der Waals surface area contributed by atoms with Crippen molar-refractivity contribution in [3.63, 3.8) is 0 Å². The summed E-state index contributed by atoms with van der Waals surface area (Å²) in [6.07, 6.45) is 1.55. The molecule has 0 aliphatic rings. The molecule has 0 aliphatic carbocycles. The first kappa shape index (κ1) is 14.4. The monoisotopic (exact) mass is 283 g/mol. The van der Waals surface area contributed by atoms with Gasteiger partial charge in [0.2, 0.25) is 5.91 Å². The highest BCUT2D eigenvalue weighted by molar-refractivity contribution is 8.02. The van der Waals surface area contributed by atoms with Crippen LogP contribution in [0.15, 0.2) is 64.9 Å². The van der Waals surface area contributed by atoms with Gasteiger partial charge < -0.3 is 5.32 Å². The topological polar surface area (TPSA) is 29.1 Å². The molecule has 0 atom stereocenters. The lowest BCUT2D eigenvalue weighted by Gasteiger charge is -2.06. The molecule has 0 spiro atoms. The Morgan fingerprint density at radius 3 is 2.55 bits per heavy atom. The van der Waals surface area contributed by atoms with E-state index in [0.29, 0.717) is 0 Å². The van der Waals surface area contributed by atoms with Crippen LogP contribution in [0.2, 0.25) is 0 Å². The number of anilines is 1. The first-order valence-electron chi connectivity index (χ1n) is 6.41. The van der Waals surface area contributed by atoms with Gasteiger partial charge in [0, 0.05) is 16.7 Å². The molecular formula is C17H17NOS. The van der Waals surface area contributed by atoms with Gasteiger partial charge in [-0.05, 0) is 43.0 Å². The molecule has 0 radical (unpaired) electrons. The average Bonchev–Trinajstić information content (AvgIpc) is 2.43. The molecule has 2 nitrogen and oxygen atoms in total. The van der Waals surface area contributed by atoms with E-state index in [4.69, 9.17) is 0 Å². The van der Waals surface area contributed by atoms with Crippen LogP contribution in [0.3, 0.4) is 0 Å². The largest absolute Gasteiger partial charge is 0.322 e. The van der Waals surface area contributed by atoms with E-state index in [9.17, 15) is 4.79 Å². The minimum atomic E-state index is -0.111. The van der Waals surface area contributed by atoms with Gasteiger partial charge in [-0.15, -0.1) is 0 Å². The molecule has 0 bridgehead atoms. The number of carbonyl (C=O) groups is 1. The number of benzene rings is 2. The van der Waals surface area contributed by atoms with E-state index in [1.54, 1.807) is 11.5 Å². The Kier molecular flexibility index (Phi) is 5.02. The van der Waals surface area contributed by atoms with Crippen LogP contribution in [-0.4, -0.2) is 5.91 Å². The Morgan fingerprint density at radius 2 is 1.85 bits per heavy atom. The lowest BCUT2D eigenvalue weighted by atomic mass is 10.1. The van der Waals surface area contributed by atoms with E-state index < -0.39 is 0 Å². The van der Waals surface area contributed by atoms with E-state index in [2.05, 4.69) is 11.4 Å². The predicted molar refractivity (Wildman–Crippen MR) is 86.0 cm³/mol. The molecule has 0 saturated heterocycles. The first-order valence-corrected chi connectivity index (χ1v) is 7.29. The number of rotatable bonds is 4. The molecule has 2 rings (SSSR count). The Bertz CT molecular complexity index is 620. The fourth-order valence-corrected chi connectivity index (χ4v) is 2.46. The van der Waals surface area contributed by atoms with Crippen LogP contribution in [0.4, 0.5) is 5.69 Å². The Morgan fingerprint density at radius 1 is 1.10 bits per heavy atom. The summed E-state index contributed by atoms with van der Waals surface area (Å²) in [5.74, 6) is -0.111. The van der Waals surface area contributed by atoms with Crippen LogP contribution >= 0.6 is 11.8 Å². The number of carbonyl (C=O) groups excluding carboxylic acids is 1. The highest BCUT2D eigenvalue weighted by Crippen LogP contribution is 2.19. The van der Waals surface area contributed by atoms with E-state index in [1.165, 1.54) is 17.3 Å². The van der Waals surface area contributed by atoms with Crippen molar-refractivity contribution >= 4 is 23.4 Å². The zero-order valence-corrected chi connectivity index (χ0v) is 12.4. The van der Waals surface area contributed by atoms with Gasteiger partial charge in [0.25, 0.3) is 0 Å². The van der Waals surface area contributed by atoms with Gasteiger partial charge in [-0.25, -0.2) is 0 Å². The summed E-state index contributed by atoms with van der Waals surface area (Å²) in [7, 11) is 0. The molecule has 3 heteroatoms. The maximum Gasteiger partial charge on any atom is 0.248 e. The Balaban J connectivity index is 1.92. The standard InChI is InChI=1S/C17H17NOS/c1-13-8-9-16(14(2)12-13)18-17(19)10-11-20-15-6-4-3-5-7-15/h3-12H,1-2H3,(H,18,19)/b11-10+. The molecule has 0 aliphatic heterocycles. The number of aryl methyl sites for hydroxylation is 2. The second kappa shape index (κ2) is 6.96. The Labute approximate surface area is 123 Å². The van der Waals surface area contributed by atoms with Crippen LogP contribution in [0.5, 0.6) is 0 Å². The summed E-state index contributed by atoms with van der Waals surface area (Å²) in [5.41, 5.74) is 3.12. The predicted octanol–water partition coefficient (Wildman–Crippen LogP) is 4.55. The third kappa shape index (κ3) is 4.28.